The summed E-state index contributed by atoms with van der Waals surface area (Å²) < 4.78 is 5.67. The van der Waals surface area contributed by atoms with E-state index in [1.807, 2.05) is 12.1 Å². The SMILES string of the molecule is O=C(NN1C(=O)NC2(CCCCC2)C1=O)c1ccc(OCc2cccnc2)cc1. The Morgan fingerprint density at radius 1 is 1.14 bits per heavy atom. The van der Waals surface area contributed by atoms with Crippen molar-refractivity contribution in [3.05, 3.63) is 59.9 Å². The maximum Gasteiger partial charge on any atom is 0.344 e. The highest BCUT2D eigenvalue weighted by atomic mass is 16.5. The fourth-order valence-electron chi connectivity index (χ4n) is 3.73. The van der Waals surface area contributed by atoms with Gasteiger partial charge >= 0.3 is 6.03 Å². The predicted molar refractivity (Wildman–Crippen MR) is 104 cm³/mol. The van der Waals surface area contributed by atoms with Gasteiger partial charge < -0.3 is 10.1 Å². The average Bonchev–Trinajstić information content (AvgIpc) is 2.97. The Morgan fingerprint density at radius 3 is 2.59 bits per heavy atom. The Morgan fingerprint density at radius 2 is 1.90 bits per heavy atom. The molecular formula is C21H22N4O4. The molecular weight excluding hydrogens is 372 g/mol. The molecule has 0 atom stereocenters. The number of ether oxygens (including phenoxy) is 1. The minimum Gasteiger partial charge on any atom is -0.489 e. The number of carbonyl (C=O) groups is 3. The molecule has 1 saturated heterocycles. The topological polar surface area (TPSA) is 101 Å². The minimum atomic E-state index is -0.868. The number of imide groups is 1. The molecule has 2 aliphatic rings. The van der Waals surface area contributed by atoms with Crippen LogP contribution >= 0.6 is 0 Å². The van der Waals surface area contributed by atoms with E-state index >= 15 is 0 Å². The number of rotatable bonds is 5. The predicted octanol–water partition coefficient (Wildman–Crippen LogP) is 2.56. The van der Waals surface area contributed by atoms with Gasteiger partial charge in [0.1, 0.15) is 17.9 Å². The minimum absolute atomic E-state index is 0.323. The standard InChI is InChI=1S/C21H22N4O4/c26-18(24-25-19(27)21(23-20(25)28)10-2-1-3-11-21)16-6-8-17(9-7-16)29-14-15-5-4-12-22-13-15/h4-9,12-13H,1-3,10-11,14H2,(H,23,28)(H,24,26). The molecule has 1 aliphatic heterocycles. The van der Waals surface area contributed by atoms with Gasteiger partial charge in [-0.25, -0.2) is 4.79 Å². The summed E-state index contributed by atoms with van der Waals surface area (Å²) in [4.78, 5) is 41.5. The van der Waals surface area contributed by atoms with Crippen molar-refractivity contribution in [2.24, 2.45) is 0 Å². The number of amides is 4. The Hall–Kier alpha value is -3.42. The van der Waals surface area contributed by atoms with Crippen LogP contribution in [0.15, 0.2) is 48.8 Å². The zero-order valence-corrected chi connectivity index (χ0v) is 15.9. The summed E-state index contributed by atoms with van der Waals surface area (Å²) in [6, 6.07) is 9.66. The van der Waals surface area contributed by atoms with Gasteiger partial charge in [0.05, 0.1) is 0 Å². The van der Waals surface area contributed by atoms with Gasteiger partial charge in [0.25, 0.3) is 11.8 Å². The Kier molecular flexibility index (Phi) is 5.16. The number of urea groups is 1. The summed E-state index contributed by atoms with van der Waals surface area (Å²) in [7, 11) is 0. The first-order valence-corrected chi connectivity index (χ1v) is 9.67. The van der Waals surface area contributed by atoms with Gasteiger partial charge in [0.2, 0.25) is 0 Å². The molecule has 1 aliphatic carbocycles. The third-order valence-corrected chi connectivity index (χ3v) is 5.33. The molecule has 8 nitrogen and oxygen atoms in total. The molecule has 0 unspecified atom stereocenters. The molecule has 8 heteroatoms. The number of nitrogens with zero attached hydrogens (tertiary/aromatic N) is 2. The molecule has 1 spiro atoms. The number of hydrogen-bond acceptors (Lipinski definition) is 5. The van der Waals surface area contributed by atoms with Gasteiger partial charge in [-0.15, -0.1) is 0 Å². The van der Waals surface area contributed by atoms with E-state index in [2.05, 4.69) is 15.7 Å². The number of nitrogens with one attached hydrogen (secondary N) is 2. The fraction of sp³-hybridized carbons (Fsp3) is 0.333. The summed E-state index contributed by atoms with van der Waals surface area (Å²) in [6.45, 7) is 0.365. The molecule has 0 radical (unpaired) electrons. The van der Waals surface area contributed by atoms with Crippen LogP contribution in [0.4, 0.5) is 4.79 Å². The van der Waals surface area contributed by atoms with Gasteiger partial charge in [-0.1, -0.05) is 25.3 Å². The molecule has 2 N–H and O–H groups in total. The first-order valence-electron chi connectivity index (χ1n) is 9.67. The molecule has 4 amide bonds. The van der Waals surface area contributed by atoms with Crippen molar-refractivity contribution in [1.82, 2.24) is 20.7 Å². The fourth-order valence-corrected chi connectivity index (χ4v) is 3.73. The van der Waals surface area contributed by atoms with E-state index in [0.29, 0.717) is 30.8 Å². The summed E-state index contributed by atoms with van der Waals surface area (Å²) in [5.41, 5.74) is 2.82. The number of hydrogen-bond donors (Lipinski definition) is 2. The van der Waals surface area contributed by atoms with Crippen LogP contribution in [-0.4, -0.2) is 33.4 Å². The van der Waals surface area contributed by atoms with Crippen LogP contribution in [0.3, 0.4) is 0 Å². The molecule has 1 aromatic heterocycles. The van der Waals surface area contributed by atoms with Gasteiger partial charge in [0, 0.05) is 23.5 Å². The van der Waals surface area contributed by atoms with Crippen molar-refractivity contribution < 1.29 is 19.1 Å². The highest BCUT2D eigenvalue weighted by Crippen LogP contribution is 2.33. The largest absolute Gasteiger partial charge is 0.489 e. The van der Waals surface area contributed by atoms with Crippen LogP contribution < -0.4 is 15.5 Å². The van der Waals surface area contributed by atoms with Crippen molar-refractivity contribution in [3.8, 4) is 5.75 Å². The molecule has 2 heterocycles. The van der Waals surface area contributed by atoms with Crippen LogP contribution in [0.25, 0.3) is 0 Å². The molecule has 150 valence electrons. The van der Waals surface area contributed by atoms with Gasteiger partial charge in [-0.2, -0.15) is 5.01 Å². The van der Waals surface area contributed by atoms with Crippen molar-refractivity contribution in [2.75, 3.05) is 0 Å². The van der Waals surface area contributed by atoms with Crippen molar-refractivity contribution >= 4 is 17.8 Å². The lowest BCUT2D eigenvalue weighted by atomic mass is 9.82. The van der Waals surface area contributed by atoms with E-state index in [0.717, 1.165) is 29.8 Å². The lowest BCUT2D eigenvalue weighted by molar-refractivity contribution is -0.134. The quantitative estimate of drug-likeness (QED) is 0.759. The maximum atomic E-state index is 12.7. The van der Waals surface area contributed by atoms with E-state index < -0.39 is 17.5 Å². The number of benzene rings is 1. The van der Waals surface area contributed by atoms with Crippen LogP contribution in [0.5, 0.6) is 5.75 Å². The van der Waals surface area contributed by atoms with E-state index in [-0.39, 0.29) is 5.91 Å². The van der Waals surface area contributed by atoms with E-state index in [9.17, 15) is 14.4 Å². The zero-order valence-electron chi connectivity index (χ0n) is 15.9. The Balaban J connectivity index is 1.37. The average molecular weight is 394 g/mol. The first kappa shape index (κ1) is 18.9. The van der Waals surface area contributed by atoms with E-state index in [1.165, 1.54) is 0 Å². The summed E-state index contributed by atoms with van der Waals surface area (Å²) in [5, 5.41) is 3.57. The second kappa shape index (κ2) is 7.90. The summed E-state index contributed by atoms with van der Waals surface area (Å²) in [6.07, 6.45) is 7.44. The van der Waals surface area contributed by atoms with Crippen molar-refractivity contribution in [3.63, 3.8) is 0 Å². The van der Waals surface area contributed by atoms with Crippen molar-refractivity contribution in [2.45, 2.75) is 44.2 Å². The summed E-state index contributed by atoms with van der Waals surface area (Å²) >= 11 is 0. The lowest BCUT2D eigenvalue weighted by Gasteiger charge is -2.30. The summed E-state index contributed by atoms with van der Waals surface area (Å²) in [5.74, 6) is -0.311. The van der Waals surface area contributed by atoms with Crippen LogP contribution in [-0.2, 0) is 11.4 Å². The number of aromatic nitrogens is 1. The molecule has 2 fully saturated rings. The monoisotopic (exact) mass is 394 g/mol. The number of hydrazine groups is 1. The second-order valence-electron chi connectivity index (χ2n) is 7.33. The molecule has 4 rings (SSSR count). The van der Waals surface area contributed by atoms with Crippen LogP contribution in [0.2, 0.25) is 0 Å². The molecule has 0 bridgehead atoms. The van der Waals surface area contributed by atoms with Crippen molar-refractivity contribution in [1.29, 1.82) is 0 Å². The molecule has 1 aromatic carbocycles. The normalized spacial score (nSPS) is 17.9. The third-order valence-electron chi connectivity index (χ3n) is 5.33. The Labute approximate surface area is 168 Å². The third kappa shape index (κ3) is 3.91. The zero-order chi connectivity index (χ0) is 20.3. The first-order chi connectivity index (χ1) is 14.1. The number of pyridine rings is 1. The smallest absolute Gasteiger partial charge is 0.344 e. The van der Waals surface area contributed by atoms with E-state index in [1.54, 1.807) is 36.7 Å². The van der Waals surface area contributed by atoms with Crippen LogP contribution in [0, 0.1) is 0 Å². The van der Waals surface area contributed by atoms with Gasteiger partial charge in [-0.05, 0) is 43.2 Å². The second-order valence-corrected chi connectivity index (χ2v) is 7.33. The Bertz CT molecular complexity index is 908. The van der Waals surface area contributed by atoms with Crippen LogP contribution in [0.1, 0.15) is 48.0 Å². The molecule has 2 aromatic rings. The van der Waals surface area contributed by atoms with Gasteiger partial charge in [0.15, 0.2) is 0 Å². The van der Waals surface area contributed by atoms with Gasteiger partial charge in [-0.3, -0.25) is 20.0 Å². The number of carbonyl (C=O) groups excluding carboxylic acids is 3. The highest BCUT2D eigenvalue weighted by molar-refractivity contribution is 6.09. The van der Waals surface area contributed by atoms with E-state index in [4.69, 9.17) is 4.74 Å². The molecule has 1 saturated carbocycles. The maximum absolute atomic E-state index is 12.7. The molecule has 29 heavy (non-hydrogen) atoms. The highest BCUT2D eigenvalue weighted by Gasteiger charge is 2.52. The lowest BCUT2D eigenvalue weighted by Crippen LogP contribution is -2.50.